The van der Waals surface area contributed by atoms with E-state index in [9.17, 15) is 34.5 Å². The van der Waals surface area contributed by atoms with Crippen LogP contribution in [0.25, 0.3) is 0 Å². The quantitative estimate of drug-likeness (QED) is 0.0228. The molecule has 12 nitrogen and oxygen atoms in total. The second-order valence-corrected chi connectivity index (χ2v) is 22.4. The summed E-state index contributed by atoms with van der Waals surface area (Å²) in [5.41, 5.74) is 0. The zero-order valence-corrected chi connectivity index (χ0v) is 51.5. The van der Waals surface area contributed by atoms with Gasteiger partial charge in [0.15, 0.2) is 24.6 Å². The van der Waals surface area contributed by atoms with Gasteiger partial charge in [-0.15, -0.1) is 0 Å². The Morgan fingerprint density at radius 2 is 0.778 bits per heavy atom. The van der Waals surface area contributed by atoms with Crippen molar-refractivity contribution in [2.75, 3.05) is 13.2 Å². The Bertz CT molecular complexity index is 1680. The van der Waals surface area contributed by atoms with E-state index in [2.05, 4.69) is 93.7 Å². The molecule has 1 rings (SSSR count). The summed E-state index contributed by atoms with van der Waals surface area (Å²) in [6, 6.07) is 0. The second kappa shape index (κ2) is 56.6. The Balaban J connectivity index is 2.68. The molecule has 0 aliphatic carbocycles. The van der Waals surface area contributed by atoms with Gasteiger partial charge >= 0.3 is 23.9 Å². The van der Waals surface area contributed by atoms with Crippen molar-refractivity contribution in [2.24, 2.45) is 0 Å². The number of unbranched alkanes of at least 4 members (excludes halogenated alkanes) is 30. The molecule has 0 aromatic heterocycles. The van der Waals surface area contributed by atoms with Crippen molar-refractivity contribution >= 4 is 23.9 Å². The molecule has 0 bridgehead atoms. The van der Waals surface area contributed by atoms with Crippen LogP contribution in [0.5, 0.6) is 0 Å². The van der Waals surface area contributed by atoms with E-state index < -0.39 is 67.3 Å². The van der Waals surface area contributed by atoms with Gasteiger partial charge in [0.2, 0.25) is 0 Å². The number of carboxylic acid groups (broad SMARTS) is 1. The molecule has 1 saturated heterocycles. The largest absolute Gasteiger partial charge is 0.479 e. The Labute approximate surface area is 493 Å². The Kier molecular flexibility index (Phi) is 52.6. The number of aliphatic carboxylic acids is 1. The molecule has 0 radical (unpaired) electrons. The average Bonchev–Trinajstić information content (AvgIpc) is 3.53. The first kappa shape index (κ1) is 75.2. The van der Waals surface area contributed by atoms with E-state index in [1.807, 2.05) is 0 Å². The van der Waals surface area contributed by atoms with Gasteiger partial charge in [0.1, 0.15) is 18.8 Å². The molecule has 81 heavy (non-hydrogen) atoms. The molecule has 1 aliphatic heterocycles. The second-order valence-electron chi connectivity index (χ2n) is 22.4. The minimum atomic E-state index is -1.91. The predicted molar refractivity (Wildman–Crippen MR) is 331 cm³/mol. The maximum atomic E-state index is 13.2. The standard InChI is InChI=1S/C69H118O12/c1-4-7-10-13-16-19-22-25-28-30-31-33-35-37-40-43-46-49-52-55-61(70)77-58-60(79-62(71)56-53-50-47-44-41-39-36-32-29-26-23-20-17-14-11-8-5-2)59-78-69-67(65(74)64(73)66(81-69)68(75)76)80-63(72)57-54-51-48-45-42-38-34-27-24-21-18-15-12-9-6-3/h7,10,16,19,25-26,28-29,31,33,37,40,60,64-67,69,73-74H,4-6,8-9,11-15,17-18,20-24,27,30,32,34-36,38-39,41-59H2,1-3H3,(H,75,76)/b10-7-,19-16-,28-25-,29-26-,33-31-,40-37-. The minimum absolute atomic E-state index is 0.0587. The van der Waals surface area contributed by atoms with E-state index in [4.69, 9.17) is 23.7 Å². The van der Waals surface area contributed by atoms with Crippen molar-refractivity contribution in [2.45, 2.75) is 327 Å². The number of esters is 3. The van der Waals surface area contributed by atoms with Crippen LogP contribution < -0.4 is 0 Å². The van der Waals surface area contributed by atoms with E-state index in [1.54, 1.807) is 0 Å². The van der Waals surface area contributed by atoms with E-state index in [0.717, 1.165) is 109 Å². The molecule has 0 aromatic carbocycles. The van der Waals surface area contributed by atoms with Crippen LogP contribution in [0.2, 0.25) is 0 Å². The molecular formula is C69H118O12. The van der Waals surface area contributed by atoms with E-state index in [-0.39, 0.29) is 25.9 Å². The third-order valence-corrected chi connectivity index (χ3v) is 14.8. The van der Waals surface area contributed by atoms with Gasteiger partial charge in [0, 0.05) is 19.3 Å². The lowest BCUT2D eigenvalue weighted by molar-refractivity contribution is -0.301. The van der Waals surface area contributed by atoms with E-state index in [1.165, 1.54) is 122 Å². The molecule has 6 atom stereocenters. The van der Waals surface area contributed by atoms with Gasteiger partial charge in [0.25, 0.3) is 0 Å². The lowest BCUT2D eigenvalue weighted by Crippen LogP contribution is -2.61. The van der Waals surface area contributed by atoms with Crippen molar-refractivity contribution in [3.8, 4) is 0 Å². The van der Waals surface area contributed by atoms with Gasteiger partial charge in [-0.3, -0.25) is 14.4 Å². The minimum Gasteiger partial charge on any atom is -0.479 e. The number of ether oxygens (including phenoxy) is 5. The summed E-state index contributed by atoms with van der Waals surface area (Å²) in [5, 5.41) is 31.6. The summed E-state index contributed by atoms with van der Waals surface area (Å²) in [5.74, 6) is -3.15. The van der Waals surface area contributed by atoms with Crippen molar-refractivity contribution in [3.05, 3.63) is 72.9 Å². The predicted octanol–water partition coefficient (Wildman–Crippen LogP) is 17.7. The number of hydrogen-bond acceptors (Lipinski definition) is 11. The van der Waals surface area contributed by atoms with Crippen LogP contribution in [0.1, 0.15) is 290 Å². The summed E-state index contributed by atoms with van der Waals surface area (Å²) < 4.78 is 28.5. The van der Waals surface area contributed by atoms with Gasteiger partial charge in [-0.05, 0) is 89.9 Å². The summed E-state index contributed by atoms with van der Waals surface area (Å²) in [4.78, 5) is 51.3. The van der Waals surface area contributed by atoms with Gasteiger partial charge in [-0.25, -0.2) is 4.79 Å². The van der Waals surface area contributed by atoms with Crippen molar-refractivity contribution in [3.63, 3.8) is 0 Å². The van der Waals surface area contributed by atoms with Crippen LogP contribution >= 0.6 is 0 Å². The van der Waals surface area contributed by atoms with Crippen molar-refractivity contribution < 1.29 is 58.2 Å². The molecule has 6 unspecified atom stereocenters. The lowest BCUT2D eigenvalue weighted by Gasteiger charge is -2.40. The van der Waals surface area contributed by atoms with Gasteiger partial charge in [0.05, 0.1) is 6.61 Å². The Morgan fingerprint density at radius 3 is 1.21 bits per heavy atom. The lowest BCUT2D eigenvalue weighted by atomic mass is 9.98. The molecule has 0 spiro atoms. The Hall–Kier alpha value is -3.84. The molecular weight excluding hydrogens is 1020 g/mol. The van der Waals surface area contributed by atoms with E-state index >= 15 is 0 Å². The monoisotopic (exact) mass is 1140 g/mol. The molecule has 3 N–H and O–H groups in total. The van der Waals surface area contributed by atoms with Crippen LogP contribution in [0.4, 0.5) is 0 Å². The molecule has 1 aliphatic rings. The number of carbonyl (C=O) groups excluding carboxylic acids is 3. The van der Waals surface area contributed by atoms with Crippen LogP contribution in [0.3, 0.4) is 0 Å². The molecule has 466 valence electrons. The number of carbonyl (C=O) groups is 4. The first-order valence-electron chi connectivity index (χ1n) is 32.9. The normalized spacial score (nSPS) is 18.2. The SMILES string of the molecule is CC/C=C\C/C=C\C/C=C\C/C=C\C/C=C\CCCCCC(=O)OCC(COC1OC(C(=O)O)C(O)C(O)C1OC(=O)CCCCCCCCCCCCCCCCC)OC(=O)CCCCCCCCC/C=C\CCCCCCCC. The van der Waals surface area contributed by atoms with Crippen LogP contribution in [-0.4, -0.2) is 89.2 Å². The maximum absolute atomic E-state index is 13.2. The summed E-state index contributed by atoms with van der Waals surface area (Å²) in [7, 11) is 0. The highest BCUT2D eigenvalue weighted by molar-refractivity contribution is 5.74. The van der Waals surface area contributed by atoms with Gasteiger partial charge < -0.3 is 39.0 Å². The highest BCUT2D eigenvalue weighted by atomic mass is 16.7. The third kappa shape index (κ3) is 46.3. The van der Waals surface area contributed by atoms with Crippen LogP contribution in [-0.2, 0) is 42.9 Å². The molecule has 1 fully saturated rings. The number of carboxylic acids is 1. The first-order valence-corrected chi connectivity index (χ1v) is 32.9. The summed E-state index contributed by atoms with van der Waals surface area (Å²) >= 11 is 0. The summed E-state index contributed by atoms with van der Waals surface area (Å²) in [6.45, 7) is 5.88. The van der Waals surface area contributed by atoms with Crippen LogP contribution in [0, 0.1) is 0 Å². The fraction of sp³-hybridized carbons (Fsp3) is 0.768. The average molecular weight is 1140 g/mol. The molecule has 0 saturated carbocycles. The first-order chi connectivity index (χ1) is 39.6. The zero-order valence-electron chi connectivity index (χ0n) is 51.5. The molecule has 0 amide bonds. The smallest absolute Gasteiger partial charge is 0.335 e. The number of aliphatic hydroxyl groups excluding tert-OH is 2. The Morgan fingerprint density at radius 1 is 0.420 bits per heavy atom. The highest BCUT2D eigenvalue weighted by Gasteiger charge is 2.50. The fourth-order valence-corrected chi connectivity index (χ4v) is 9.74. The zero-order chi connectivity index (χ0) is 58.9. The van der Waals surface area contributed by atoms with Crippen molar-refractivity contribution in [1.29, 1.82) is 0 Å². The highest BCUT2D eigenvalue weighted by Crippen LogP contribution is 2.27. The van der Waals surface area contributed by atoms with Gasteiger partial charge in [-0.2, -0.15) is 0 Å². The summed E-state index contributed by atoms with van der Waals surface area (Å²) in [6.07, 6.45) is 60.0. The molecule has 1 heterocycles. The molecule has 12 heteroatoms. The van der Waals surface area contributed by atoms with Crippen molar-refractivity contribution in [1.82, 2.24) is 0 Å². The van der Waals surface area contributed by atoms with Crippen LogP contribution in [0.15, 0.2) is 72.9 Å². The topological polar surface area (TPSA) is 175 Å². The number of rotatable bonds is 56. The fourth-order valence-electron chi connectivity index (χ4n) is 9.74. The third-order valence-electron chi connectivity index (χ3n) is 14.8. The molecule has 0 aromatic rings. The number of aliphatic hydroxyl groups is 2. The maximum Gasteiger partial charge on any atom is 0.335 e. The van der Waals surface area contributed by atoms with Gasteiger partial charge in [-0.1, -0.05) is 254 Å². The van der Waals surface area contributed by atoms with E-state index in [0.29, 0.717) is 19.3 Å². The number of hydrogen-bond donors (Lipinski definition) is 3. The number of allylic oxidation sites excluding steroid dienone is 12.